The summed E-state index contributed by atoms with van der Waals surface area (Å²) >= 11 is 0. The summed E-state index contributed by atoms with van der Waals surface area (Å²) in [6, 6.07) is 1.90. The van der Waals surface area contributed by atoms with Gasteiger partial charge in [-0.1, -0.05) is 0 Å². The molecule has 0 amide bonds. The van der Waals surface area contributed by atoms with Crippen molar-refractivity contribution in [3.8, 4) is 11.5 Å². The molecule has 2 N–H and O–H groups in total. The number of esters is 1. The predicted octanol–water partition coefficient (Wildman–Crippen LogP) is 1.03. The molecule has 0 saturated heterocycles. The summed E-state index contributed by atoms with van der Waals surface area (Å²) in [7, 11) is 4.11. The summed E-state index contributed by atoms with van der Waals surface area (Å²) in [6.07, 6.45) is 0. The maximum absolute atomic E-state index is 13.9. The van der Waals surface area contributed by atoms with Gasteiger partial charge >= 0.3 is 5.97 Å². The first-order chi connectivity index (χ1) is 9.53. The summed E-state index contributed by atoms with van der Waals surface area (Å²) < 4.78 is 33.4. The van der Waals surface area contributed by atoms with E-state index < -0.39 is 17.8 Å². The Hall–Kier alpha value is -1.86. The smallest absolute Gasteiger partial charge is 0.331 e. The van der Waals surface area contributed by atoms with Crippen molar-refractivity contribution < 1.29 is 28.1 Å². The van der Waals surface area contributed by atoms with Crippen LogP contribution >= 0.6 is 0 Å². The fraction of sp³-hybridized carbons (Fsp3) is 0.462. The molecule has 20 heavy (non-hydrogen) atoms. The Morgan fingerprint density at radius 3 is 2.40 bits per heavy atom. The van der Waals surface area contributed by atoms with Gasteiger partial charge in [0.15, 0.2) is 11.5 Å². The number of carbonyl (C=O) groups is 1. The monoisotopic (exact) mass is 287 g/mol. The van der Waals surface area contributed by atoms with Crippen molar-refractivity contribution in [2.45, 2.75) is 6.04 Å². The van der Waals surface area contributed by atoms with Crippen LogP contribution in [0.15, 0.2) is 12.1 Å². The first-order valence-corrected chi connectivity index (χ1v) is 5.85. The molecule has 0 spiro atoms. The van der Waals surface area contributed by atoms with Gasteiger partial charge in [0.1, 0.15) is 12.4 Å². The molecule has 0 heterocycles. The van der Waals surface area contributed by atoms with Crippen molar-refractivity contribution in [2.75, 3.05) is 34.5 Å². The first kappa shape index (κ1) is 16.2. The van der Waals surface area contributed by atoms with Crippen LogP contribution in [-0.2, 0) is 14.3 Å². The van der Waals surface area contributed by atoms with Gasteiger partial charge in [0.25, 0.3) is 0 Å². The molecule has 0 radical (unpaired) electrons. The van der Waals surface area contributed by atoms with E-state index in [1.165, 1.54) is 33.5 Å². The number of halogens is 1. The molecule has 7 heteroatoms. The lowest BCUT2D eigenvalue weighted by Crippen LogP contribution is -2.21. The van der Waals surface area contributed by atoms with Crippen LogP contribution in [0.3, 0.4) is 0 Å². The van der Waals surface area contributed by atoms with Gasteiger partial charge in [0.2, 0.25) is 0 Å². The van der Waals surface area contributed by atoms with Gasteiger partial charge in [0, 0.05) is 11.6 Å². The molecule has 6 nitrogen and oxygen atoms in total. The van der Waals surface area contributed by atoms with Crippen molar-refractivity contribution >= 4 is 5.97 Å². The lowest BCUT2D eigenvalue weighted by molar-refractivity contribution is -0.146. The maximum Gasteiger partial charge on any atom is 0.331 e. The van der Waals surface area contributed by atoms with Crippen LogP contribution in [-0.4, -0.2) is 40.5 Å². The molecule has 0 aliphatic carbocycles. The second kappa shape index (κ2) is 7.66. The van der Waals surface area contributed by atoms with Crippen molar-refractivity contribution in [1.29, 1.82) is 0 Å². The minimum Gasteiger partial charge on any atom is -0.493 e. The molecule has 0 bridgehead atoms. The van der Waals surface area contributed by atoms with E-state index in [1.54, 1.807) is 0 Å². The van der Waals surface area contributed by atoms with E-state index in [0.717, 1.165) is 0 Å². The molecule has 0 aliphatic heterocycles. The van der Waals surface area contributed by atoms with E-state index in [1.807, 2.05) is 0 Å². The molecule has 0 aliphatic rings. The molecule has 1 rings (SSSR count). The van der Waals surface area contributed by atoms with Crippen LogP contribution in [0.1, 0.15) is 11.6 Å². The number of methoxy groups -OCH3 is 3. The van der Waals surface area contributed by atoms with Crippen molar-refractivity contribution in [3.63, 3.8) is 0 Å². The largest absolute Gasteiger partial charge is 0.493 e. The molecular formula is C13H18FNO5. The first-order valence-electron chi connectivity index (χ1n) is 5.85. The van der Waals surface area contributed by atoms with Gasteiger partial charge in [-0.05, 0) is 6.07 Å². The number of rotatable bonds is 7. The number of benzene rings is 1. The third kappa shape index (κ3) is 4.07. The highest BCUT2D eigenvalue weighted by molar-refractivity contribution is 5.70. The third-order valence-electron chi connectivity index (χ3n) is 2.65. The van der Waals surface area contributed by atoms with Crippen LogP contribution in [0, 0.1) is 5.82 Å². The summed E-state index contributed by atoms with van der Waals surface area (Å²) in [5.41, 5.74) is 6.04. The Morgan fingerprint density at radius 2 is 1.85 bits per heavy atom. The Labute approximate surface area is 116 Å². The Kier molecular flexibility index (Phi) is 6.20. The zero-order chi connectivity index (χ0) is 15.1. The number of hydrogen-bond donors (Lipinski definition) is 1. The SMILES string of the molecule is COC(=O)COCC(N)c1cc(OC)c(OC)cc1F. The highest BCUT2D eigenvalue weighted by Crippen LogP contribution is 2.31. The zero-order valence-corrected chi connectivity index (χ0v) is 11.6. The van der Waals surface area contributed by atoms with Gasteiger partial charge in [0.05, 0.1) is 34.0 Å². The molecule has 1 aromatic carbocycles. The molecule has 112 valence electrons. The van der Waals surface area contributed by atoms with E-state index in [-0.39, 0.29) is 24.5 Å². The summed E-state index contributed by atoms with van der Waals surface area (Å²) in [5, 5.41) is 0. The predicted molar refractivity (Wildman–Crippen MR) is 69.3 cm³/mol. The quantitative estimate of drug-likeness (QED) is 0.755. The van der Waals surface area contributed by atoms with Crippen LogP contribution in [0.25, 0.3) is 0 Å². The standard InChI is InChI=1S/C13H18FNO5/c1-17-11-4-8(9(14)5-12(11)18-2)10(15)6-20-7-13(16)19-3/h4-5,10H,6-7,15H2,1-3H3. The minimum absolute atomic E-state index is 0.0263. The normalized spacial score (nSPS) is 11.8. The van der Waals surface area contributed by atoms with Gasteiger partial charge in [-0.25, -0.2) is 9.18 Å². The van der Waals surface area contributed by atoms with Gasteiger partial charge < -0.3 is 24.7 Å². The average Bonchev–Trinajstić information content (AvgIpc) is 2.46. The lowest BCUT2D eigenvalue weighted by atomic mass is 10.1. The highest BCUT2D eigenvalue weighted by atomic mass is 19.1. The van der Waals surface area contributed by atoms with Gasteiger partial charge in [-0.2, -0.15) is 0 Å². The van der Waals surface area contributed by atoms with Crippen LogP contribution in [0.2, 0.25) is 0 Å². The summed E-state index contributed by atoms with van der Waals surface area (Å²) in [5.74, 6) is -0.412. The highest BCUT2D eigenvalue weighted by Gasteiger charge is 2.17. The Balaban J connectivity index is 2.77. The number of hydrogen-bond acceptors (Lipinski definition) is 6. The van der Waals surface area contributed by atoms with Crippen LogP contribution < -0.4 is 15.2 Å². The molecule has 0 aromatic heterocycles. The molecule has 1 aromatic rings. The van der Waals surface area contributed by atoms with Crippen molar-refractivity contribution in [1.82, 2.24) is 0 Å². The van der Waals surface area contributed by atoms with E-state index in [4.69, 9.17) is 19.9 Å². The molecule has 0 saturated carbocycles. The van der Waals surface area contributed by atoms with Gasteiger partial charge in [-0.3, -0.25) is 0 Å². The summed E-state index contributed by atoms with van der Waals surface area (Å²) in [4.78, 5) is 10.9. The maximum atomic E-state index is 13.9. The third-order valence-corrected chi connectivity index (χ3v) is 2.65. The molecule has 1 atom stereocenters. The number of carbonyl (C=O) groups excluding carboxylic acids is 1. The van der Waals surface area contributed by atoms with Crippen molar-refractivity contribution in [2.24, 2.45) is 5.73 Å². The second-order valence-corrected chi connectivity index (χ2v) is 3.93. The van der Waals surface area contributed by atoms with Crippen molar-refractivity contribution in [3.05, 3.63) is 23.5 Å². The molecule has 0 fully saturated rings. The fourth-order valence-electron chi connectivity index (χ4n) is 1.57. The average molecular weight is 287 g/mol. The van der Waals surface area contributed by atoms with Crippen LogP contribution in [0.5, 0.6) is 11.5 Å². The number of nitrogens with two attached hydrogens (primary N) is 1. The number of ether oxygens (including phenoxy) is 4. The topological polar surface area (TPSA) is 80.0 Å². The van der Waals surface area contributed by atoms with Crippen LogP contribution in [0.4, 0.5) is 4.39 Å². The molecule has 1 unspecified atom stereocenters. The second-order valence-electron chi connectivity index (χ2n) is 3.93. The lowest BCUT2D eigenvalue weighted by Gasteiger charge is -2.16. The Morgan fingerprint density at radius 1 is 1.25 bits per heavy atom. The van der Waals surface area contributed by atoms with E-state index in [2.05, 4.69) is 4.74 Å². The van der Waals surface area contributed by atoms with E-state index >= 15 is 0 Å². The minimum atomic E-state index is -0.737. The summed E-state index contributed by atoms with van der Waals surface area (Å²) in [6.45, 7) is -0.263. The zero-order valence-electron chi connectivity index (χ0n) is 11.6. The Bertz CT molecular complexity index is 466. The van der Waals surface area contributed by atoms with E-state index in [9.17, 15) is 9.18 Å². The van der Waals surface area contributed by atoms with Gasteiger partial charge in [-0.15, -0.1) is 0 Å². The van der Waals surface area contributed by atoms with E-state index in [0.29, 0.717) is 5.75 Å². The molecular weight excluding hydrogens is 269 g/mol. The fourth-order valence-corrected chi connectivity index (χ4v) is 1.57.